The van der Waals surface area contributed by atoms with Crippen molar-refractivity contribution in [1.29, 1.82) is 0 Å². The standard InChI is InChI=1S/C89H109Cl2N7O27/c1-37(2)18-55(98(11)86(117)125-88(7,8)9)82(114)95-71-58(103)27-47(30-66(92)106)80(112)93-69-46-28-63(119-61-16-13-42(73(71)107)25-53(61)90)77(123-84-78(76(110)75(109)65(36-99)121-84)122-67-35-89(10,79(111)38(3)118-67)97-85(116)124-87(4,5)6)64(29-46)120-62-17-14-43(26-54(62)91)74(108)72-83(115)94-70(60(105)33-49-44-20-39-19-40(22-44)23-45(49)21-39)52-31-48(100)32-57(102)68(52)51-24-41(12-15-56(51)101)50(34-59(69)104)81(113)96-72/h12-17,24-26,28-29,31-32,37-40,44-45,47,49-50,55,65,67,69-76,78-79,84,99-102,107-111H,18-23,27,30,33-36H2,1-11H3,(H2,92,106)(H,93,112)(H,94,115)(H,95,114)(H,96,113)(H,97,116)/t38?,39?,40?,44?,45?,47-,49?,50+,55+,65?,67?,69+,70-,71-,72-,73+,74+,75?,76?,78?,79?,84?,89?/m0/s1. The summed E-state index contributed by atoms with van der Waals surface area (Å²) in [7, 11) is 1.29. The number of carbonyl (C=O) groups excluding carboxylic acids is 10. The molecule has 7 aliphatic heterocycles. The number of likely N-dealkylation sites (N-methyl/N-ethyl adjacent to an activating group) is 1. The number of aliphatic hydroxyl groups excluding tert-OH is 6. The predicted molar refractivity (Wildman–Crippen MR) is 445 cm³/mol. The minimum Gasteiger partial charge on any atom is -0.508 e. The molecule has 4 aliphatic carbocycles. The van der Waals surface area contributed by atoms with E-state index in [-0.39, 0.29) is 81.4 Å². The first-order valence-electron chi connectivity index (χ1n) is 41.9. The molecule has 36 heteroatoms. The minimum atomic E-state index is -2.25. The quantitative estimate of drug-likeness (QED) is 0.0442. The average Bonchev–Trinajstić information content (AvgIpc) is 0.758. The lowest BCUT2D eigenvalue weighted by molar-refractivity contribution is -0.334. The van der Waals surface area contributed by atoms with Crippen molar-refractivity contribution < 1.29 is 132 Å². The molecular formula is C89H109Cl2N7O27. The lowest BCUT2D eigenvalue weighted by atomic mass is 9.51. The highest BCUT2D eigenvalue weighted by molar-refractivity contribution is 6.32. The molecule has 125 heavy (non-hydrogen) atoms. The Morgan fingerprint density at radius 1 is 0.680 bits per heavy atom. The lowest BCUT2D eigenvalue weighted by Gasteiger charge is -2.54. The molecule has 7 heterocycles. The normalized spacial score (nSPS) is 30.7. The molecule has 6 fully saturated rings. The Morgan fingerprint density at radius 2 is 1.29 bits per heavy atom. The van der Waals surface area contributed by atoms with Gasteiger partial charge >= 0.3 is 12.2 Å². The number of alkyl carbamates (subject to hydrolysis) is 1. The molecule has 4 saturated carbocycles. The zero-order valence-electron chi connectivity index (χ0n) is 70.9. The summed E-state index contributed by atoms with van der Waals surface area (Å²) in [6.07, 6.45) is -19.3. The number of amides is 7. The van der Waals surface area contributed by atoms with Crippen molar-refractivity contribution in [2.24, 2.45) is 47.2 Å². The Morgan fingerprint density at radius 3 is 1.87 bits per heavy atom. The number of carbonyl (C=O) groups is 10. The van der Waals surface area contributed by atoms with Crippen molar-refractivity contribution >= 4 is 82.3 Å². The van der Waals surface area contributed by atoms with Crippen LogP contribution in [0.5, 0.6) is 46.0 Å². The maximum Gasteiger partial charge on any atom is 0.410 e. The Bertz CT molecular complexity index is 4990. The fourth-order valence-corrected chi connectivity index (χ4v) is 19.4. The average molecular weight is 1780 g/mol. The third-order valence-electron chi connectivity index (χ3n) is 24.8. The van der Waals surface area contributed by atoms with Crippen LogP contribution < -0.4 is 46.5 Å². The molecular weight excluding hydrogens is 1670 g/mol. The number of benzene rings is 5. The second-order valence-electron chi connectivity index (χ2n) is 37.0. The Labute approximate surface area is 730 Å². The summed E-state index contributed by atoms with van der Waals surface area (Å²) < 4.78 is 50.6. The van der Waals surface area contributed by atoms with Crippen molar-refractivity contribution in [2.45, 2.75) is 254 Å². The van der Waals surface area contributed by atoms with E-state index in [4.69, 9.17) is 66.8 Å². The zero-order valence-corrected chi connectivity index (χ0v) is 72.4. The smallest absolute Gasteiger partial charge is 0.410 e. The predicted octanol–water partition coefficient (Wildman–Crippen LogP) is 8.24. The van der Waals surface area contributed by atoms with Gasteiger partial charge in [0.2, 0.25) is 41.6 Å². The number of halogens is 2. The second-order valence-corrected chi connectivity index (χ2v) is 37.8. The number of phenols is 3. The number of ketones is 3. The number of phenolic OH excluding ortho intramolecular Hbond substituents is 3. The number of nitrogens with zero attached hydrogens (tertiary/aromatic N) is 1. The number of hydrogen-bond donors (Lipinski definition) is 15. The number of ether oxygens (including phenoxy) is 8. The molecule has 34 nitrogen and oxygen atoms in total. The van der Waals surface area contributed by atoms with E-state index >= 15 is 28.8 Å². The van der Waals surface area contributed by atoms with Crippen LogP contribution in [0.3, 0.4) is 0 Å². The summed E-state index contributed by atoms with van der Waals surface area (Å²) in [5.74, 6) is -16.4. The number of nitrogens with two attached hydrogens (primary N) is 1. The Hall–Kier alpha value is -9.98. The van der Waals surface area contributed by atoms with Gasteiger partial charge in [0.25, 0.3) is 0 Å². The molecule has 18 atom stereocenters. The van der Waals surface area contributed by atoms with Gasteiger partial charge in [-0.3, -0.25) is 43.3 Å². The van der Waals surface area contributed by atoms with Crippen molar-refractivity contribution in [3.8, 4) is 57.1 Å². The van der Waals surface area contributed by atoms with E-state index in [1.807, 2.05) is 0 Å². The molecule has 676 valence electrons. The van der Waals surface area contributed by atoms with Crippen LogP contribution in [0.15, 0.2) is 78.9 Å². The topological polar surface area (TPSA) is 516 Å². The van der Waals surface area contributed by atoms with Gasteiger partial charge in [-0.2, -0.15) is 0 Å². The number of hydrogen-bond acceptors (Lipinski definition) is 27. The van der Waals surface area contributed by atoms with Gasteiger partial charge in [-0.1, -0.05) is 55.2 Å². The fourth-order valence-electron chi connectivity index (χ4n) is 18.9. The molecule has 11 aliphatic rings. The molecule has 9 unspecified atom stereocenters. The van der Waals surface area contributed by atoms with E-state index in [9.17, 15) is 65.1 Å². The highest BCUT2D eigenvalue weighted by Gasteiger charge is 2.55. The number of primary amides is 1. The van der Waals surface area contributed by atoms with Crippen LogP contribution in [0.4, 0.5) is 9.59 Å². The second kappa shape index (κ2) is 36.8. The molecule has 2 saturated heterocycles. The highest BCUT2D eigenvalue weighted by atomic mass is 35.5. The molecule has 7 amide bonds. The van der Waals surface area contributed by atoms with Crippen LogP contribution in [0.2, 0.25) is 10.0 Å². The van der Waals surface area contributed by atoms with Crippen molar-refractivity contribution in [3.63, 3.8) is 0 Å². The van der Waals surface area contributed by atoms with Gasteiger partial charge < -0.3 is 116 Å². The van der Waals surface area contributed by atoms with E-state index in [2.05, 4.69) is 26.6 Å². The summed E-state index contributed by atoms with van der Waals surface area (Å²) in [4.78, 5) is 152. The van der Waals surface area contributed by atoms with Gasteiger partial charge in [-0.05, 0) is 212 Å². The summed E-state index contributed by atoms with van der Waals surface area (Å²) >= 11 is 14.6. The molecule has 16 N–H and O–H groups in total. The van der Waals surface area contributed by atoms with Gasteiger partial charge in [0.15, 0.2) is 41.2 Å². The van der Waals surface area contributed by atoms with Crippen molar-refractivity contribution in [3.05, 3.63) is 117 Å². The Balaban J connectivity index is 1.00. The number of nitrogens with one attached hydrogen (secondary N) is 5. The third-order valence-corrected chi connectivity index (χ3v) is 25.4. The van der Waals surface area contributed by atoms with Crippen LogP contribution in [0.1, 0.15) is 198 Å². The first kappa shape index (κ1) is 92.7. The molecule has 5 aromatic rings. The van der Waals surface area contributed by atoms with Crippen LogP contribution in [-0.2, 0) is 62.0 Å². The van der Waals surface area contributed by atoms with Gasteiger partial charge in [0.05, 0.1) is 40.1 Å². The van der Waals surface area contributed by atoms with Gasteiger partial charge in [-0.25, -0.2) is 9.59 Å². The molecule has 0 radical (unpaired) electrons. The summed E-state index contributed by atoms with van der Waals surface area (Å²) in [5, 5.41) is 121. The van der Waals surface area contributed by atoms with E-state index in [1.165, 1.54) is 57.3 Å². The summed E-state index contributed by atoms with van der Waals surface area (Å²) in [6.45, 7) is 15.1. The number of rotatable bonds is 16. The van der Waals surface area contributed by atoms with E-state index in [1.54, 1.807) is 55.4 Å². The maximum atomic E-state index is 16.7. The lowest BCUT2D eigenvalue weighted by Crippen LogP contribution is -2.66. The molecule has 5 aromatic carbocycles. The van der Waals surface area contributed by atoms with Gasteiger partial charge in [-0.15, -0.1) is 0 Å². The highest BCUT2D eigenvalue weighted by Crippen LogP contribution is 2.59. The van der Waals surface area contributed by atoms with Crippen LogP contribution in [0, 0.1) is 41.4 Å². The monoisotopic (exact) mass is 1780 g/mol. The minimum absolute atomic E-state index is 0.0450. The SMILES string of the molecule is CC(C)C[C@H](C(=O)N[C@H]1C(=O)C[C@@H](CC(N)=O)C(=O)N[C@H]2C(=O)C[C@H]3C(=O)N[C@H](C(=O)N[C@H](C(=O)CC4C5CC6CC(C5)CC4C6)c4cc(O)cc(O)c4-c4cc3ccc4O)[C@H](O)c3ccc(c(Cl)c3)Oc3cc2cc(c3OC2OC(CO)C(O)C(O)C2OC2CC(C)(NC(=O)OC(C)(C)C)C(O)C(C)O2)Oc2ccc(cc2Cl)[C@H]1O)N(C)C(=O)OC(C)(C)C. The van der Waals surface area contributed by atoms with Crippen LogP contribution in [0.25, 0.3) is 11.1 Å². The van der Waals surface area contributed by atoms with Crippen molar-refractivity contribution in [2.75, 3.05) is 13.7 Å². The fraction of sp³-hybridized carbons (Fsp3) is 0.551. The molecule has 0 spiro atoms. The van der Waals surface area contributed by atoms with E-state index in [0.717, 1.165) is 79.5 Å². The molecule has 15 bridgehead atoms. The number of aromatic hydroxyl groups is 3. The largest absolute Gasteiger partial charge is 0.508 e. The first-order chi connectivity index (χ1) is 58.7. The number of fused-ring (bicyclic) bond motifs is 15. The van der Waals surface area contributed by atoms with E-state index in [0.29, 0.717) is 11.8 Å². The molecule has 16 rings (SSSR count). The van der Waals surface area contributed by atoms with Gasteiger partial charge in [0.1, 0.15) is 107 Å². The number of aliphatic hydroxyl groups is 6. The number of Topliss-reactive ketones (excluding diaryl/α,β-unsaturated/α-hetero) is 3. The maximum absolute atomic E-state index is 16.7. The summed E-state index contributed by atoms with van der Waals surface area (Å²) in [6, 6.07) is 5.19. The Kier molecular flexibility index (Phi) is 27.3. The van der Waals surface area contributed by atoms with Gasteiger partial charge in [0, 0.05) is 56.3 Å². The summed E-state index contributed by atoms with van der Waals surface area (Å²) in [5.41, 5.74) is 0.417. The van der Waals surface area contributed by atoms with E-state index < -0.39 is 262 Å². The van der Waals surface area contributed by atoms with Crippen molar-refractivity contribution in [1.82, 2.24) is 31.5 Å². The zero-order chi connectivity index (χ0) is 90.8. The van der Waals surface area contributed by atoms with Crippen LogP contribution >= 0.6 is 23.2 Å². The molecule has 0 aromatic heterocycles. The first-order valence-corrected chi connectivity index (χ1v) is 42.7. The van der Waals surface area contributed by atoms with Crippen LogP contribution in [-0.4, -0.2) is 208 Å². The third kappa shape index (κ3) is 20.4.